The van der Waals surface area contributed by atoms with Crippen molar-refractivity contribution >= 4 is 11.9 Å². The summed E-state index contributed by atoms with van der Waals surface area (Å²) in [5.41, 5.74) is -0.959. The van der Waals surface area contributed by atoms with E-state index in [1.165, 1.54) is 0 Å². The van der Waals surface area contributed by atoms with Crippen LogP contribution in [-0.2, 0) is 15.8 Å². The van der Waals surface area contributed by atoms with Gasteiger partial charge in [0.25, 0.3) is 0 Å². The van der Waals surface area contributed by atoms with Crippen LogP contribution in [0.25, 0.3) is 0 Å². The molecule has 110 valence electrons. The first-order valence-electron chi connectivity index (χ1n) is 5.48. The summed E-state index contributed by atoms with van der Waals surface area (Å²) < 4.78 is 37.1. The molecule has 0 bridgehead atoms. The Morgan fingerprint density at radius 2 is 1.70 bits per heavy atom. The quantitative estimate of drug-likeness (QED) is 0.781. The van der Waals surface area contributed by atoms with Crippen molar-refractivity contribution in [2.24, 2.45) is 0 Å². The van der Waals surface area contributed by atoms with Gasteiger partial charge in [0.15, 0.2) is 6.04 Å². The third kappa shape index (κ3) is 3.95. The fraction of sp³-hybridized carbons (Fsp3) is 0.333. The Balaban J connectivity index is 2.98. The number of carboxylic acid groups (broad SMARTS) is 1. The predicted molar refractivity (Wildman–Crippen MR) is 61.6 cm³/mol. The van der Waals surface area contributed by atoms with Crippen LogP contribution < -0.4 is 5.32 Å². The summed E-state index contributed by atoms with van der Waals surface area (Å²) in [4.78, 5) is 21.8. The van der Waals surface area contributed by atoms with Gasteiger partial charge in [-0.15, -0.1) is 0 Å². The molecule has 0 fully saturated rings. The number of aliphatic hydroxyl groups excluding tert-OH is 1. The largest absolute Gasteiger partial charge is 0.480 e. The van der Waals surface area contributed by atoms with Crippen molar-refractivity contribution in [3.05, 3.63) is 35.4 Å². The topological polar surface area (TPSA) is 86.6 Å². The third-order valence-electron chi connectivity index (χ3n) is 2.52. The van der Waals surface area contributed by atoms with Gasteiger partial charge in [0, 0.05) is 6.92 Å². The van der Waals surface area contributed by atoms with Crippen LogP contribution in [0, 0.1) is 0 Å². The van der Waals surface area contributed by atoms with E-state index in [-0.39, 0.29) is 5.56 Å². The molecule has 0 saturated heterocycles. The van der Waals surface area contributed by atoms with Crippen LogP contribution in [0.4, 0.5) is 13.2 Å². The number of hydrogen-bond donors (Lipinski definition) is 3. The maximum absolute atomic E-state index is 12.4. The van der Waals surface area contributed by atoms with Crippen LogP contribution >= 0.6 is 0 Å². The zero-order valence-electron chi connectivity index (χ0n) is 10.3. The first-order valence-corrected chi connectivity index (χ1v) is 5.48. The summed E-state index contributed by atoms with van der Waals surface area (Å²) in [5.74, 6) is -2.17. The summed E-state index contributed by atoms with van der Waals surface area (Å²) in [6.45, 7) is 1.06. The average Bonchev–Trinajstić information content (AvgIpc) is 2.33. The van der Waals surface area contributed by atoms with Crippen molar-refractivity contribution in [2.45, 2.75) is 25.2 Å². The van der Waals surface area contributed by atoms with E-state index in [0.717, 1.165) is 31.2 Å². The number of halogens is 3. The number of benzene rings is 1. The molecule has 1 aromatic carbocycles. The van der Waals surface area contributed by atoms with Gasteiger partial charge in [0.05, 0.1) is 5.56 Å². The molecule has 3 N–H and O–H groups in total. The molecule has 5 nitrogen and oxygen atoms in total. The van der Waals surface area contributed by atoms with Gasteiger partial charge in [-0.05, 0) is 17.7 Å². The molecule has 20 heavy (non-hydrogen) atoms. The molecule has 0 aliphatic heterocycles. The molecular weight excluding hydrogens is 279 g/mol. The number of carbonyl (C=O) groups excluding carboxylic acids is 1. The highest BCUT2D eigenvalue weighted by Crippen LogP contribution is 2.30. The van der Waals surface area contributed by atoms with E-state index in [1.807, 2.05) is 5.32 Å². The first kappa shape index (κ1) is 16.0. The SMILES string of the molecule is CC(=O)N[C@@H](C(=O)O)C(O)c1ccc(C(F)(F)F)cc1. The molecule has 0 saturated carbocycles. The highest BCUT2D eigenvalue weighted by atomic mass is 19.4. The molecule has 1 rings (SSSR count). The Bertz CT molecular complexity index is 498. The molecule has 2 atom stereocenters. The Morgan fingerprint density at radius 1 is 1.20 bits per heavy atom. The second kappa shape index (κ2) is 5.91. The second-order valence-electron chi connectivity index (χ2n) is 4.08. The van der Waals surface area contributed by atoms with E-state index in [9.17, 15) is 27.9 Å². The Morgan fingerprint density at radius 3 is 2.05 bits per heavy atom. The van der Waals surface area contributed by atoms with Crippen molar-refractivity contribution in [3.8, 4) is 0 Å². The monoisotopic (exact) mass is 291 g/mol. The molecule has 0 spiro atoms. The van der Waals surface area contributed by atoms with Crippen LogP contribution in [0.5, 0.6) is 0 Å². The molecule has 0 aromatic heterocycles. The third-order valence-corrected chi connectivity index (χ3v) is 2.52. The zero-order valence-corrected chi connectivity index (χ0v) is 10.3. The number of alkyl halides is 3. The normalized spacial score (nSPS) is 14.4. The molecular formula is C12H12F3NO4. The Kier molecular flexibility index (Phi) is 4.72. The number of carbonyl (C=O) groups is 2. The lowest BCUT2D eigenvalue weighted by Crippen LogP contribution is -2.44. The molecule has 0 radical (unpaired) electrons. The van der Waals surface area contributed by atoms with Crippen LogP contribution in [0.3, 0.4) is 0 Å². The van der Waals surface area contributed by atoms with Crippen LogP contribution in [0.1, 0.15) is 24.2 Å². The number of carboxylic acids is 1. The molecule has 8 heteroatoms. The van der Waals surface area contributed by atoms with E-state index >= 15 is 0 Å². The maximum Gasteiger partial charge on any atom is 0.416 e. The fourth-order valence-corrected chi connectivity index (χ4v) is 1.56. The Labute approximate surface area is 112 Å². The fourth-order valence-electron chi connectivity index (χ4n) is 1.56. The van der Waals surface area contributed by atoms with Crippen molar-refractivity contribution in [3.63, 3.8) is 0 Å². The molecule has 1 unspecified atom stereocenters. The van der Waals surface area contributed by atoms with Gasteiger partial charge in [-0.1, -0.05) is 12.1 Å². The summed E-state index contributed by atoms with van der Waals surface area (Å²) in [6, 6.07) is 1.75. The summed E-state index contributed by atoms with van der Waals surface area (Å²) >= 11 is 0. The lowest BCUT2D eigenvalue weighted by Gasteiger charge is -2.20. The highest BCUT2D eigenvalue weighted by molar-refractivity contribution is 5.82. The van der Waals surface area contributed by atoms with Crippen molar-refractivity contribution in [1.82, 2.24) is 5.32 Å². The molecule has 0 heterocycles. The number of rotatable bonds is 4. The molecule has 0 aliphatic carbocycles. The van der Waals surface area contributed by atoms with Gasteiger partial charge in [0.2, 0.25) is 5.91 Å². The van der Waals surface area contributed by atoms with Crippen molar-refractivity contribution in [1.29, 1.82) is 0 Å². The minimum absolute atomic E-state index is 0.0425. The number of amides is 1. The molecule has 1 amide bonds. The highest BCUT2D eigenvalue weighted by Gasteiger charge is 2.32. The van der Waals surface area contributed by atoms with Gasteiger partial charge in [0.1, 0.15) is 6.10 Å². The van der Waals surface area contributed by atoms with E-state index in [4.69, 9.17) is 5.11 Å². The van der Waals surface area contributed by atoms with Gasteiger partial charge in [-0.25, -0.2) is 4.79 Å². The van der Waals surface area contributed by atoms with Crippen LogP contribution in [-0.4, -0.2) is 28.1 Å². The minimum atomic E-state index is -4.52. The van der Waals surface area contributed by atoms with Gasteiger partial charge in [-0.3, -0.25) is 4.79 Å². The summed E-state index contributed by atoms with van der Waals surface area (Å²) in [6.07, 6.45) is -6.17. The van der Waals surface area contributed by atoms with Crippen LogP contribution in [0.2, 0.25) is 0 Å². The van der Waals surface area contributed by atoms with Crippen LogP contribution in [0.15, 0.2) is 24.3 Å². The maximum atomic E-state index is 12.4. The van der Waals surface area contributed by atoms with Gasteiger partial charge < -0.3 is 15.5 Å². The van der Waals surface area contributed by atoms with E-state index in [2.05, 4.69) is 0 Å². The lowest BCUT2D eigenvalue weighted by atomic mass is 10.0. The molecule has 0 aliphatic rings. The zero-order chi connectivity index (χ0) is 15.5. The first-order chi connectivity index (χ1) is 9.12. The van der Waals surface area contributed by atoms with E-state index < -0.39 is 35.8 Å². The number of aliphatic carboxylic acids is 1. The predicted octanol–water partition coefficient (Wildman–Crippen LogP) is 1.33. The number of hydrogen-bond acceptors (Lipinski definition) is 3. The number of nitrogens with one attached hydrogen (secondary N) is 1. The standard InChI is InChI=1S/C12H12F3NO4/c1-6(17)16-9(11(19)20)10(18)7-2-4-8(5-3-7)12(13,14)15/h2-5,9-10,18H,1H3,(H,16,17)(H,19,20)/t9-,10?/m1/s1. The van der Waals surface area contributed by atoms with E-state index in [0.29, 0.717) is 0 Å². The lowest BCUT2D eigenvalue weighted by molar-refractivity contribution is -0.145. The molecule has 1 aromatic rings. The minimum Gasteiger partial charge on any atom is -0.480 e. The second-order valence-corrected chi connectivity index (χ2v) is 4.08. The van der Waals surface area contributed by atoms with Gasteiger partial charge >= 0.3 is 12.1 Å². The van der Waals surface area contributed by atoms with E-state index in [1.54, 1.807) is 0 Å². The summed E-state index contributed by atoms with van der Waals surface area (Å²) in [7, 11) is 0. The summed E-state index contributed by atoms with van der Waals surface area (Å²) in [5, 5.41) is 20.7. The van der Waals surface area contributed by atoms with Crippen molar-refractivity contribution < 1.29 is 33.0 Å². The average molecular weight is 291 g/mol. The number of aliphatic hydroxyl groups is 1. The van der Waals surface area contributed by atoms with Gasteiger partial charge in [-0.2, -0.15) is 13.2 Å². The smallest absolute Gasteiger partial charge is 0.416 e. The van der Waals surface area contributed by atoms with Crippen molar-refractivity contribution in [2.75, 3.05) is 0 Å². The Hall–Kier alpha value is -2.09.